The summed E-state index contributed by atoms with van der Waals surface area (Å²) in [6.07, 6.45) is 5.15. The lowest BCUT2D eigenvalue weighted by molar-refractivity contribution is -0.0339. The van der Waals surface area contributed by atoms with Crippen molar-refractivity contribution in [3.63, 3.8) is 0 Å². The monoisotopic (exact) mass is 596 g/mol. The maximum absolute atomic E-state index is 6.65. The molecule has 0 saturated carbocycles. The van der Waals surface area contributed by atoms with E-state index in [1.54, 1.807) is 0 Å². The first-order valence-corrected chi connectivity index (χ1v) is 15.3. The van der Waals surface area contributed by atoms with Gasteiger partial charge in [-0.15, -0.1) is 0 Å². The van der Waals surface area contributed by atoms with Gasteiger partial charge in [-0.25, -0.2) is 4.98 Å². The molecule has 222 valence electrons. The molecular formula is C35H37ClN4O3. The van der Waals surface area contributed by atoms with Crippen molar-refractivity contribution in [3.8, 4) is 11.5 Å². The molecule has 6 rings (SSSR count). The summed E-state index contributed by atoms with van der Waals surface area (Å²) in [4.78, 5) is 9.37. The van der Waals surface area contributed by atoms with Crippen molar-refractivity contribution in [1.82, 2.24) is 14.5 Å². The third-order valence-electron chi connectivity index (χ3n) is 7.79. The molecule has 43 heavy (non-hydrogen) atoms. The summed E-state index contributed by atoms with van der Waals surface area (Å²) in [5, 5.41) is 4.47. The van der Waals surface area contributed by atoms with E-state index in [-0.39, 0.29) is 18.4 Å². The number of ether oxygens (including phenoxy) is 3. The van der Waals surface area contributed by atoms with Crippen molar-refractivity contribution in [2.24, 2.45) is 0 Å². The minimum atomic E-state index is -0.323. The van der Waals surface area contributed by atoms with Gasteiger partial charge in [0.05, 0.1) is 5.39 Å². The summed E-state index contributed by atoms with van der Waals surface area (Å²) in [7, 11) is 0. The van der Waals surface area contributed by atoms with Crippen LogP contribution in [0.5, 0.6) is 11.5 Å². The molecule has 3 heterocycles. The van der Waals surface area contributed by atoms with Gasteiger partial charge < -0.3 is 24.1 Å². The Balaban J connectivity index is 1.23. The van der Waals surface area contributed by atoms with Crippen molar-refractivity contribution in [3.05, 3.63) is 107 Å². The number of unbranched alkanes of at least 4 members (excludes halogenated alkanes) is 1. The SMILES string of the molecule is CCCCc1ccc(Nc2nc(Cl)c3ccn(C4CC(Oc5ccc(C)cc5)C(COc5ccc(C)cc5)O4)c3n2)cc1. The second kappa shape index (κ2) is 13.1. The van der Waals surface area contributed by atoms with Crippen LogP contribution < -0.4 is 14.8 Å². The summed E-state index contributed by atoms with van der Waals surface area (Å²) in [6.45, 7) is 6.68. The molecule has 1 saturated heterocycles. The van der Waals surface area contributed by atoms with Gasteiger partial charge in [-0.3, -0.25) is 0 Å². The van der Waals surface area contributed by atoms with Crippen molar-refractivity contribution >= 4 is 34.3 Å². The van der Waals surface area contributed by atoms with Gasteiger partial charge in [-0.2, -0.15) is 4.98 Å². The van der Waals surface area contributed by atoms with Crippen LogP contribution >= 0.6 is 11.6 Å². The fraction of sp³-hybridized carbons (Fsp3) is 0.314. The van der Waals surface area contributed by atoms with E-state index in [4.69, 9.17) is 30.8 Å². The van der Waals surface area contributed by atoms with Crippen LogP contribution in [0.3, 0.4) is 0 Å². The van der Waals surface area contributed by atoms with Gasteiger partial charge in [0.15, 0.2) is 0 Å². The smallest absolute Gasteiger partial charge is 0.230 e. The fourth-order valence-corrected chi connectivity index (χ4v) is 5.53. The normalized spacial score (nSPS) is 18.2. The molecule has 1 aliphatic heterocycles. The molecule has 3 unspecified atom stereocenters. The average Bonchev–Trinajstić information content (AvgIpc) is 3.62. The van der Waals surface area contributed by atoms with E-state index in [1.165, 1.54) is 29.5 Å². The predicted molar refractivity (Wildman–Crippen MR) is 172 cm³/mol. The van der Waals surface area contributed by atoms with Crippen LogP contribution in [0.15, 0.2) is 85.1 Å². The zero-order valence-electron chi connectivity index (χ0n) is 24.8. The standard InChI is InChI=1S/C35H37ClN4O3/c1-4-5-6-25-11-13-26(14-12-25)37-35-38-33(36)29-19-20-40(34(29)39-35)32-21-30(42-28-17-9-24(3)10-18-28)31(43-32)22-41-27-15-7-23(2)8-16-27/h7-20,30-32H,4-6,21-22H2,1-3H3,(H,37,38,39). The highest BCUT2D eigenvalue weighted by Gasteiger charge is 2.39. The molecule has 1 N–H and O–H groups in total. The number of halogens is 1. The lowest BCUT2D eigenvalue weighted by atomic mass is 10.1. The number of hydrogen-bond acceptors (Lipinski definition) is 6. The minimum Gasteiger partial charge on any atom is -0.491 e. The molecule has 0 bridgehead atoms. The van der Waals surface area contributed by atoms with Gasteiger partial charge in [0, 0.05) is 18.3 Å². The Morgan fingerprint density at radius 2 is 1.60 bits per heavy atom. The molecule has 8 heteroatoms. The first-order chi connectivity index (χ1) is 20.9. The Hall–Kier alpha value is -4.07. The van der Waals surface area contributed by atoms with Crippen LogP contribution in [0.25, 0.3) is 11.0 Å². The summed E-state index contributed by atoms with van der Waals surface area (Å²) in [6, 6.07) is 26.4. The first-order valence-electron chi connectivity index (χ1n) is 14.9. The fourth-order valence-electron chi connectivity index (χ4n) is 5.30. The molecule has 0 aliphatic carbocycles. The number of aryl methyl sites for hydroxylation is 3. The largest absolute Gasteiger partial charge is 0.491 e. The summed E-state index contributed by atoms with van der Waals surface area (Å²) in [5.41, 5.74) is 5.28. The second-order valence-electron chi connectivity index (χ2n) is 11.2. The molecule has 2 aromatic heterocycles. The Morgan fingerprint density at radius 1 is 0.907 bits per heavy atom. The van der Waals surface area contributed by atoms with E-state index in [0.29, 0.717) is 29.8 Å². The maximum atomic E-state index is 6.65. The molecule has 1 fully saturated rings. The van der Waals surface area contributed by atoms with E-state index in [0.717, 1.165) is 29.0 Å². The number of fused-ring (bicyclic) bond motifs is 1. The zero-order valence-corrected chi connectivity index (χ0v) is 25.6. The Labute approximate surface area is 257 Å². The number of aromatic nitrogens is 3. The third kappa shape index (κ3) is 6.95. The van der Waals surface area contributed by atoms with E-state index in [1.807, 2.05) is 65.4 Å². The van der Waals surface area contributed by atoms with Gasteiger partial charge >= 0.3 is 0 Å². The van der Waals surface area contributed by atoms with Crippen molar-refractivity contribution in [2.45, 2.75) is 64.9 Å². The minimum absolute atomic E-state index is 0.225. The van der Waals surface area contributed by atoms with E-state index in [2.05, 4.69) is 55.3 Å². The molecule has 3 aromatic carbocycles. The topological polar surface area (TPSA) is 70.4 Å². The van der Waals surface area contributed by atoms with Gasteiger partial charge in [0.1, 0.15) is 47.3 Å². The lowest BCUT2D eigenvalue weighted by Gasteiger charge is -2.20. The maximum Gasteiger partial charge on any atom is 0.230 e. The highest BCUT2D eigenvalue weighted by atomic mass is 35.5. The highest BCUT2D eigenvalue weighted by molar-refractivity contribution is 6.34. The Morgan fingerprint density at radius 3 is 2.30 bits per heavy atom. The third-order valence-corrected chi connectivity index (χ3v) is 8.08. The summed E-state index contributed by atoms with van der Waals surface area (Å²) < 4.78 is 21.2. The average molecular weight is 597 g/mol. The lowest BCUT2D eigenvalue weighted by Crippen LogP contribution is -2.32. The van der Waals surface area contributed by atoms with Crippen LogP contribution in [0.4, 0.5) is 11.6 Å². The highest BCUT2D eigenvalue weighted by Crippen LogP contribution is 2.36. The van der Waals surface area contributed by atoms with Crippen LogP contribution in [-0.4, -0.2) is 33.3 Å². The molecular weight excluding hydrogens is 560 g/mol. The van der Waals surface area contributed by atoms with Crippen LogP contribution in [-0.2, 0) is 11.2 Å². The van der Waals surface area contributed by atoms with E-state index >= 15 is 0 Å². The molecule has 0 amide bonds. The molecule has 1 aliphatic rings. The molecule has 5 aromatic rings. The zero-order chi connectivity index (χ0) is 29.8. The quantitative estimate of drug-likeness (QED) is 0.154. The Bertz CT molecular complexity index is 1650. The molecule has 0 spiro atoms. The predicted octanol–water partition coefficient (Wildman–Crippen LogP) is 8.60. The number of rotatable bonds is 11. The van der Waals surface area contributed by atoms with E-state index < -0.39 is 0 Å². The first kappa shape index (κ1) is 29.0. The number of nitrogens with one attached hydrogen (secondary N) is 1. The van der Waals surface area contributed by atoms with Gasteiger partial charge in [0.25, 0.3) is 0 Å². The van der Waals surface area contributed by atoms with Crippen molar-refractivity contribution in [1.29, 1.82) is 0 Å². The van der Waals surface area contributed by atoms with Gasteiger partial charge in [-0.05, 0) is 74.7 Å². The Kier molecular flexibility index (Phi) is 8.82. The molecule has 3 atom stereocenters. The van der Waals surface area contributed by atoms with Crippen LogP contribution in [0, 0.1) is 13.8 Å². The van der Waals surface area contributed by atoms with Crippen LogP contribution in [0.2, 0.25) is 5.15 Å². The number of nitrogens with zero attached hydrogens (tertiary/aromatic N) is 3. The van der Waals surface area contributed by atoms with E-state index in [9.17, 15) is 0 Å². The number of benzene rings is 3. The number of anilines is 2. The summed E-state index contributed by atoms with van der Waals surface area (Å²) in [5.74, 6) is 2.03. The second-order valence-corrected chi connectivity index (χ2v) is 11.5. The van der Waals surface area contributed by atoms with Gasteiger partial charge in [0.2, 0.25) is 5.95 Å². The summed E-state index contributed by atoms with van der Waals surface area (Å²) >= 11 is 6.65. The van der Waals surface area contributed by atoms with Crippen LogP contribution in [0.1, 0.15) is 49.1 Å². The molecule has 7 nitrogen and oxygen atoms in total. The molecule has 0 radical (unpaired) electrons. The number of hydrogen-bond donors (Lipinski definition) is 1. The van der Waals surface area contributed by atoms with Crippen molar-refractivity contribution < 1.29 is 14.2 Å². The van der Waals surface area contributed by atoms with Crippen molar-refractivity contribution in [2.75, 3.05) is 11.9 Å². The van der Waals surface area contributed by atoms with Gasteiger partial charge in [-0.1, -0.05) is 72.5 Å².